The maximum atomic E-state index is 12.7. The molecule has 1 amide bonds. The SMILES string of the molecule is Cc1nn(C)c2c1C(NC(=O)c1ccc(-c3ncn[nH]3)cc1)CCC2. The molecule has 0 bridgehead atoms. The van der Waals surface area contributed by atoms with Gasteiger partial charge in [0.25, 0.3) is 5.91 Å². The number of aryl methyl sites for hydroxylation is 2. The van der Waals surface area contributed by atoms with Crippen molar-refractivity contribution in [3.63, 3.8) is 0 Å². The highest BCUT2D eigenvalue weighted by Crippen LogP contribution is 2.32. The minimum atomic E-state index is -0.0646. The second-order valence-corrected chi connectivity index (χ2v) is 6.40. The molecule has 128 valence electrons. The van der Waals surface area contributed by atoms with E-state index in [9.17, 15) is 4.79 Å². The van der Waals surface area contributed by atoms with E-state index < -0.39 is 0 Å². The quantitative estimate of drug-likeness (QED) is 0.768. The highest BCUT2D eigenvalue weighted by Gasteiger charge is 2.27. The van der Waals surface area contributed by atoms with Crippen molar-refractivity contribution in [2.75, 3.05) is 0 Å². The third-order valence-corrected chi connectivity index (χ3v) is 4.79. The number of aromatic nitrogens is 5. The molecule has 25 heavy (non-hydrogen) atoms. The predicted octanol–water partition coefficient (Wildman–Crippen LogP) is 2.32. The highest BCUT2D eigenvalue weighted by atomic mass is 16.1. The first-order chi connectivity index (χ1) is 12.1. The molecule has 4 rings (SSSR count). The fourth-order valence-electron chi connectivity index (χ4n) is 3.60. The lowest BCUT2D eigenvalue weighted by Gasteiger charge is -2.24. The minimum Gasteiger partial charge on any atom is -0.345 e. The summed E-state index contributed by atoms with van der Waals surface area (Å²) in [5, 5.41) is 14.3. The van der Waals surface area contributed by atoms with E-state index in [0.29, 0.717) is 11.4 Å². The van der Waals surface area contributed by atoms with Gasteiger partial charge in [-0.15, -0.1) is 0 Å². The van der Waals surface area contributed by atoms with Gasteiger partial charge in [-0.2, -0.15) is 10.2 Å². The van der Waals surface area contributed by atoms with E-state index in [-0.39, 0.29) is 11.9 Å². The second kappa shape index (κ2) is 6.16. The Morgan fingerprint density at radius 2 is 2.12 bits per heavy atom. The number of carbonyl (C=O) groups is 1. The zero-order chi connectivity index (χ0) is 17.4. The molecular weight excluding hydrogens is 316 g/mol. The predicted molar refractivity (Wildman–Crippen MR) is 92.9 cm³/mol. The molecule has 0 spiro atoms. The molecule has 0 radical (unpaired) electrons. The standard InChI is InChI=1S/C18H20N6O/c1-11-16-14(4-3-5-15(16)24(2)23-11)21-18(25)13-8-6-12(7-9-13)17-19-10-20-22-17/h6-10,14H,3-5H2,1-2H3,(H,21,25)(H,19,20,22). The van der Waals surface area contributed by atoms with Crippen LogP contribution in [-0.2, 0) is 13.5 Å². The van der Waals surface area contributed by atoms with Crippen LogP contribution in [0.2, 0.25) is 0 Å². The van der Waals surface area contributed by atoms with E-state index >= 15 is 0 Å². The molecule has 1 aromatic carbocycles. The molecule has 1 aliphatic rings. The van der Waals surface area contributed by atoms with Gasteiger partial charge in [-0.1, -0.05) is 12.1 Å². The number of fused-ring (bicyclic) bond motifs is 1. The third kappa shape index (κ3) is 2.82. The van der Waals surface area contributed by atoms with Gasteiger partial charge in [-0.25, -0.2) is 4.98 Å². The van der Waals surface area contributed by atoms with Crippen LogP contribution in [0.3, 0.4) is 0 Å². The molecule has 3 aromatic rings. The summed E-state index contributed by atoms with van der Waals surface area (Å²) >= 11 is 0. The van der Waals surface area contributed by atoms with E-state index in [4.69, 9.17) is 0 Å². The van der Waals surface area contributed by atoms with Crippen molar-refractivity contribution in [1.29, 1.82) is 0 Å². The number of hydrogen-bond donors (Lipinski definition) is 2. The first kappa shape index (κ1) is 15.6. The van der Waals surface area contributed by atoms with Crippen LogP contribution in [-0.4, -0.2) is 30.9 Å². The summed E-state index contributed by atoms with van der Waals surface area (Å²) in [6.07, 6.45) is 4.49. The third-order valence-electron chi connectivity index (χ3n) is 4.79. The smallest absolute Gasteiger partial charge is 0.251 e. The molecule has 7 heteroatoms. The normalized spacial score (nSPS) is 16.5. The zero-order valence-electron chi connectivity index (χ0n) is 14.3. The van der Waals surface area contributed by atoms with Crippen molar-refractivity contribution in [2.45, 2.75) is 32.2 Å². The molecule has 1 unspecified atom stereocenters. The van der Waals surface area contributed by atoms with Gasteiger partial charge in [0.15, 0.2) is 5.82 Å². The number of hydrogen-bond acceptors (Lipinski definition) is 4. The molecule has 0 fully saturated rings. The molecule has 0 saturated heterocycles. The molecule has 7 nitrogen and oxygen atoms in total. The largest absolute Gasteiger partial charge is 0.345 e. The van der Waals surface area contributed by atoms with Crippen molar-refractivity contribution >= 4 is 5.91 Å². The Morgan fingerprint density at radius 1 is 1.32 bits per heavy atom. The Labute approximate surface area is 145 Å². The van der Waals surface area contributed by atoms with Gasteiger partial charge in [0.1, 0.15) is 6.33 Å². The lowest BCUT2D eigenvalue weighted by atomic mass is 9.90. The van der Waals surface area contributed by atoms with Gasteiger partial charge >= 0.3 is 0 Å². The summed E-state index contributed by atoms with van der Waals surface area (Å²) < 4.78 is 1.94. The maximum absolute atomic E-state index is 12.7. The van der Waals surface area contributed by atoms with Crippen LogP contribution < -0.4 is 5.32 Å². The molecule has 0 saturated carbocycles. The molecule has 2 N–H and O–H groups in total. The van der Waals surface area contributed by atoms with Crippen LogP contribution in [0, 0.1) is 6.92 Å². The second-order valence-electron chi connectivity index (χ2n) is 6.40. The first-order valence-corrected chi connectivity index (χ1v) is 8.42. The van der Waals surface area contributed by atoms with E-state index in [2.05, 4.69) is 25.6 Å². The molecule has 2 heterocycles. The maximum Gasteiger partial charge on any atom is 0.251 e. The summed E-state index contributed by atoms with van der Waals surface area (Å²) in [7, 11) is 1.97. The zero-order valence-corrected chi connectivity index (χ0v) is 14.3. The van der Waals surface area contributed by atoms with Crippen molar-refractivity contribution in [1.82, 2.24) is 30.3 Å². The lowest BCUT2D eigenvalue weighted by molar-refractivity contribution is 0.0932. The van der Waals surface area contributed by atoms with Crippen LogP contribution in [0.5, 0.6) is 0 Å². The number of nitrogens with one attached hydrogen (secondary N) is 2. The van der Waals surface area contributed by atoms with Gasteiger partial charge in [0.2, 0.25) is 0 Å². The van der Waals surface area contributed by atoms with Crippen LogP contribution in [0.15, 0.2) is 30.6 Å². The van der Waals surface area contributed by atoms with Gasteiger partial charge in [-0.3, -0.25) is 14.6 Å². The van der Waals surface area contributed by atoms with E-state index in [1.165, 1.54) is 17.6 Å². The van der Waals surface area contributed by atoms with Crippen LogP contribution in [0.1, 0.15) is 46.2 Å². The van der Waals surface area contributed by atoms with Gasteiger partial charge in [0, 0.05) is 29.4 Å². The van der Waals surface area contributed by atoms with Crippen molar-refractivity contribution < 1.29 is 4.79 Å². The Balaban J connectivity index is 1.53. The average molecular weight is 336 g/mol. The minimum absolute atomic E-state index is 0.0268. The van der Waals surface area contributed by atoms with E-state index in [1.54, 1.807) is 0 Å². The lowest BCUT2D eigenvalue weighted by Crippen LogP contribution is -2.31. The summed E-state index contributed by atoms with van der Waals surface area (Å²) in [5.41, 5.74) is 4.95. The fraction of sp³-hybridized carbons (Fsp3) is 0.333. The van der Waals surface area contributed by atoms with Gasteiger partial charge in [-0.05, 0) is 38.3 Å². The number of amides is 1. The number of rotatable bonds is 3. The number of benzene rings is 1. The summed E-state index contributed by atoms with van der Waals surface area (Å²) in [6, 6.07) is 7.40. The number of aromatic amines is 1. The topological polar surface area (TPSA) is 88.5 Å². The molecule has 1 aliphatic carbocycles. The Bertz CT molecular complexity index is 895. The monoisotopic (exact) mass is 336 g/mol. The molecule has 2 aromatic heterocycles. The Kier molecular flexibility index (Phi) is 3.83. The Morgan fingerprint density at radius 3 is 2.84 bits per heavy atom. The van der Waals surface area contributed by atoms with E-state index in [1.807, 2.05) is 42.9 Å². The number of nitrogens with zero attached hydrogens (tertiary/aromatic N) is 4. The number of carbonyl (C=O) groups excluding carboxylic acids is 1. The fourth-order valence-corrected chi connectivity index (χ4v) is 3.60. The Hall–Kier alpha value is -2.96. The molecule has 0 aliphatic heterocycles. The summed E-state index contributed by atoms with van der Waals surface area (Å²) in [4.78, 5) is 16.8. The van der Waals surface area contributed by atoms with Crippen LogP contribution in [0.25, 0.3) is 11.4 Å². The summed E-state index contributed by atoms with van der Waals surface area (Å²) in [6.45, 7) is 2.01. The average Bonchev–Trinajstić information content (AvgIpc) is 3.25. The van der Waals surface area contributed by atoms with Crippen molar-refractivity contribution in [2.24, 2.45) is 7.05 Å². The van der Waals surface area contributed by atoms with Gasteiger partial charge in [0.05, 0.1) is 11.7 Å². The van der Waals surface area contributed by atoms with Gasteiger partial charge < -0.3 is 5.32 Å². The summed E-state index contributed by atoms with van der Waals surface area (Å²) in [5.74, 6) is 0.625. The van der Waals surface area contributed by atoms with Crippen molar-refractivity contribution in [3.05, 3.63) is 53.1 Å². The molecular formula is C18H20N6O. The van der Waals surface area contributed by atoms with E-state index in [0.717, 1.165) is 30.5 Å². The molecule has 1 atom stereocenters. The first-order valence-electron chi connectivity index (χ1n) is 8.42. The van der Waals surface area contributed by atoms with Crippen LogP contribution >= 0.6 is 0 Å². The van der Waals surface area contributed by atoms with Crippen LogP contribution in [0.4, 0.5) is 0 Å². The number of H-pyrrole nitrogens is 1. The van der Waals surface area contributed by atoms with Crippen molar-refractivity contribution in [3.8, 4) is 11.4 Å². The highest BCUT2D eigenvalue weighted by molar-refractivity contribution is 5.94.